The summed E-state index contributed by atoms with van der Waals surface area (Å²) in [6.07, 6.45) is 7.01. The molecule has 1 fully saturated rings. The quantitative estimate of drug-likeness (QED) is 0.694. The van der Waals surface area contributed by atoms with E-state index in [9.17, 15) is 9.18 Å². The molecule has 4 rings (SSSR count). The van der Waals surface area contributed by atoms with E-state index in [-0.39, 0.29) is 11.4 Å². The smallest absolute Gasteiger partial charge is 0.261 e. The number of hydrogen-bond acceptors (Lipinski definition) is 5. The molecular weight excluding hydrogens is 335 g/mol. The maximum Gasteiger partial charge on any atom is 0.261 e. The van der Waals surface area contributed by atoms with Gasteiger partial charge in [0, 0.05) is 19.2 Å². The summed E-state index contributed by atoms with van der Waals surface area (Å²) >= 11 is 0. The highest BCUT2D eigenvalue weighted by molar-refractivity contribution is 5.77. The molecule has 1 aliphatic rings. The van der Waals surface area contributed by atoms with Crippen molar-refractivity contribution in [1.82, 2.24) is 29.4 Å². The van der Waals surface area contributed by atoms with Crippen molar-refractivity contribution in [3.05, 3.63) is 53.1 Å². The maximum atomic E-state index is 13.3. The third kappa shape index (κ3) is 3.65. The number of benzene rings is 1. The normalized spacial score (nSPS) is 16.3. The minimum atomic E-state index is -0.375. The fourth-order valence-corrected chi connectivity index (χ4v) is 3.52. The number of likely N-dealkylation sites (tertiary alicyclic amines) is 1. The van der Waals surface area contributed by atoms with Crippen LogP contribution in [0.25, 0.3) is 10.9 Å². The average molecular weight is 356 g/mol. The largest absolute Gasteiger partial charge is 0.301 e. The number of piperidine rings is 1. The van der Waals surface area contributed by atoms with Gasteiger partial charge in [-0.3, -0.25) is 9.36 Å². The number of hydrogen-bond donors (Lipinski definition) is 0. The lowest BCUT2D eigenvalue weighted by Crippen LogP contribution is -2.38. The van der Waals surface area contributed by atoms with Crippen LogP contribution in [0, 0.1) is 11.7 Å². The van der Waals surface area contributed by atoms with Crippen LogP contribution in [0.5, 0.6) is 0 Å². The predicted molar refractivity (Wildman–Crippen MR) is 95.1 cm³/mol. The zero-order valence-electron chi connectivity index (χ0n) is 14.5. The van der Waals surface area contributed by atoms with Gasteiger partial charge in [0.05, 0.1) is 36.2 Å². The van der Waals surface area contributed by atoms with Crippen molar-refractivity contribution < 1.29 is 4.39 Å². The van der Waals surface area contributed by atoms with E-state index in [4.69, 9.17) is 0 Å². The minimum Gasteiger partial charge on any atom is -0.301 e. The van der Waals surface area contributed by atoms with Crippen molar-refractivity contribution >= 4 is 10.9 Å². The SMILES string of the molecule is O=c1c2ccc(F)cc2ncn1CC1CCN(CCn2nccn2)CC1. The predicted octanol–water partition coefficient (Wildman–Crippen LogP) is 1.54. The Balaban J connectivity index is 1.35. The van der Waals surface area contributed by atoms with Gasteiger partial charge in [-0.05, 0) is 44.0 Å². The van der Waals surface area contributed by atoms with Crippen molar-refractivity contribution in [1.29, 1.82) is 0 Å². The molecule has 136 valence electrons. The third-order valence-electron chi connectivity index (χ3n) is 5.03. The summed E-state index contributed by atoms with van der Waals surface area (Å²) in [4.78, 5) is 20.9. The van der Waals surface area contributed by atoms with Crippen LogP contribution < -0.4 is 5.56 Å². The lowest BCUT2D eigenvalue weighted by atomic mass is 9.96. The van der Waals surface area contributed by atoms with Gasteiger partial charge in [-0.1, -0.05) is 0 Å². The van der Waals surface area contributed by atoms with Gasteiger partial charge >= 0.3 is 0 Å². The molecule has 1 aromatic carbocycles. The zero-order chi connectivity index (χ0) is 17.9. The number of halogens is 1. The topological polar surface area (TPSA) is 68.8 Å². The highest BCUT2D eigenvalue weighted by Crippen LogP contribution is 2.19. The van der Waals surface area contributed by atoms with Crippen LogP contribution in [0.4, 0.5) is 4.39 Å². The molecule has 1 saturated heterocycles. The fourth-order valence-electron chi connectivity index (χ4n) is 3.52. The van der Waals surface area contributed by atoms with E-state index in [1.54, 1.807) is 28.1 Å². The molecule has 0 spiro atoms. The van der Waals surface area contributed by atoms with Gasteiger partial charge < -0.3 is 4.90 Å². The Morgan fingerprint density at radius 3 is 2.65 bits per heavy atom. The van der Waals surface area contributed by atoms with E-state index in [0.717, 1.165) is 39.0 Å². The van der Waals surface area contributed by atoms with E-state index < -0.39 is 0 Å². The summed E-state index contributed by atoms with van der Waals surface area (Å²) in [5, 5.41) is 8.71. The molecule has 0 amide bonds. The molecule has 8 heteroatoms. The van der Waals surface area contributed by atoms with Gasteiger partial charge in [0.1, 0.15) is 5.82 Å². The fraction of sp³-hybridized carbons (Fsp3) is 0.444. The number of fused-ring (bicyclic) bond motifs is 1. The molecule has 7 nitrogen and oxygen atoms in total. The maximum absolute atomic E-state index is 13.3. The van der Waals surface area contributed by atoms with E-state index in [1.807, 2.05) is 0 Å². The minimum absolute atomic E-state index is 0.0952. The van der Waals surface area contributed by atoms with E-state index in [1.165, 1.54) is 18.2 Å². The molecule has 26 heavy (non-hydrogen) atoms. The van der Waals surface area contributed by atoms with Gasteiger partial charge in [0.2, 0.25) is 0 Å². The number of rotatable bonds is 5. The van der Waals surface area contributed by atoms with E-state index in [2.05, 4.69) is 20.1 Å². The molecular formula is C18H21FN6O. The standard InChI is InChI=1S/C18H21FN6O/c19-15-1-2-16-17(11-15)20-13-24(18(16)26)12-14-3-7-23(8-4-14)9-10-25-21-5-6-22-25/h1-2,5-6,11,13-14H,3-4,7-10,12H2. The second-order valence-corrected chi connectivity index (χ2v) is 6.77. The van der Waals surface area contributed by atoms with Crippen molar-refractivity contribution in [3.63, 3.8) is 0 Å². The summed E-state index contributed by atoms with van der Waals surface area (Å²) in [6.45, 7) is 4.40. The Morgan fingerprint density at radius 2 is 1.88 bits per heavy atom. The van der Waals surface area contributed by atoms with Crippen LogP contribution in [0.2, 0.25) is 0 Å². The van der Waals surface area contributed by atoms with Crippen LogP contribution in [-0.2, 0) is 13.1 Å². The molecule has 0 aliphatic carbocycles. The summed E-state index contributed by atoms with van der Waals surface area (Å²) in [7, 11) is 0. The number of aromatic nitrogens is 5. The van der Waals surface area contributed by atoms with Crippen molar-refractivity contribution in [2.75, 3.05) is 19.6 Å². The molecule has 2 aromatic heterocycles. The van der Waals surface area contributed by atoms with Gasteiger partial charge in [-0.25, -0.2) is 9.37 Å². The zero-order valence-corrected chi connectivity index (χ0v) is 14.5. The van der Waals surface area contributed by atoms with Crippen LogP contribution in [0.3, 0.4) is 0 Å². The van der Waals surface area contributed by atoms with Crippen molar-refractivity contribution in [2.45, 2.75) is 25.9 Å². The first-order valence-electron chi connectivity index (χ1n) is 8.90. The Bertz CT molecular complexity index is 931. The summed E-state index contributed by atoms with van der Waals surface area (Å²) in [6, 6.07) is 4.12. The molecule has 3 heterocycles. The highest BCUT2D eigenvalue weighted by atomic mass is 19.1. The highest BCUT2D eigenvalue weighted by Gasteiger charge is 2.20. The Labute approximate surface area is 150 Å². The summed E-state index contributed by atoms with van der Waals surface area (Å²) < 4.78 is 14.9. The van der Waals surface area contributed by atoms with Gasteiger partial charge in [-0.2, -0.15) is 15.0 Å². The van der Waals surface area contributed by atoms with Crippen LogP contribution in [0.15, 0.2) is 41.7 Å². The Kier molecular flexibility index (Phi) is 4.75. The average Bonchev–Trinajstić information content (AvgIpc) is 3.17. The Morgan fingerprint density at radius 1 is 1.12 bits per heavy atom. The third-order valence-corrected chi connectivity index (χ3v) is 5.03. The number of nitrogens with zero attached hydrogens (tertiary/aromatic N) is 6. The second kappa shape index (κ2) is 7.33. The van der Waals surface area contributed by atoms with Gasteiger partial charge in [-0.15, -0.1) is 0 Å². The molecule has 0 bridgehead atoms. The molecule has 3 aromatic rings. The van der Waals surface area contributed by atoms with E-state index in [0.29, 0.717) is 23.4 Å². The Hall–Kier alpha value is -2.61. The van der Waals surface area contributed by atoms with Crippen LogP contribution in [-0.4, -0.2) is 49.1 Å². The molecule has 0 atom stereocenters. The van der Waals surface area contributed by atoms with Crippen molar-refractivity contribution in [3.8, 4) is 0 Å². The second-order valence-electron chi connectivity index (χ2n) is 6.77. The monoisotopic (exact) mass is 356 g/mol. The molecule has 0 saturated carbocycles. The lowest BCUT2D eigenvalue weighted by Gasteiger charge is -2.31. The summed E-state index contributed by atoms with van der Waals surface area (Å²) in [5.41, 5.74) is 0.315. The van der Waals surface area contributed by atoms with Crippen LogP contribution in [0.1, 0.15) is 12.8 Å². The van der Waals surface area contributed by atoms with Crippen LogP contribution >= 0.6 is 0 Å². The first kappa shape index (κ1) is 16.8. The lowest BCUT2D eigenvalue weighted by molar-refractivity contribution is 0.164. The van der Waals surface area contributed by atoms with E-state index >= 15 is 0 Å². The molecule has 1 aliphatic heterocycles. The molecule has 0 unspecified atom stereocenters. The first-order valence-corrected chi connectivity index (χ1v) is 8.90. The first-order chi connectivity index (χ1) is 12.7. The van der Waals surface area contributed by atoms with Gasteiger partial charge in [0.15, 0.2) is 0 Å². The molecule has 0 N–H and O–H groups in total. The van der Waals surface area contributed by atoms with Gasteiger partial charge in [0.25, 0.3) is 5.56 Å². The summed E-state index contributed by atoms with van der Waals surface area (Å²) in [5.74, 6) is 0.0753. The molecule has 0 radical (unpaired) electrons. The van der Waals surface area contributed by atoms with Crippen molar-refractivity contribution in [2.24, 2.45) is 5.92 Å².